The van der Waals surface area contributed by atoms with Crippen molar-refractivity contribution in [3.63, 3.8) is 0 Å². The zero-order valence-electron chi connectivity index (χ0n) is 11.5. The number of phenolic OH excluding ortho intramolecular Hbond substituents is 1. The molecule has 3 rings (SSSR count). The van der Waals surface area contributed by atoms with Crippen LogP contribution in [0.5, 0.6) is 5.75 Å². The average molecular weight is 347 g/mol. The zero-order chi connectivity index (χ0) is 17.7. The van der Waals surface area contributed by atoms with Gasteiger partial charge in [0.05, 0.1) is 11.1 Å². The molecule has 0 spiro atoms. The number of aromatic nitrogens is 3. The van der Waals surface area contributed by atoms with Crippen LogP contribution in [0.4, 0.5) is 26.3 Å². The summed E-state index contributed by atoms with van der Waals surface area (Å²) in [5.41, 5.74) is -2.84. The Morgan fingerprint density at radius 3 is 2.29 bits per heavy atom. The molecule has 24 heavy (non-hydrogen) atoms. The van der Waals surface area contributed by atoms with Crippen molar-refractivity contribution in [2.24, 2.45) is 0 Å². The molecule has 0 unspecified atom stereocenters. The van der Waals surface area contributed by atoms with E-state index in [1.807, 2.05) is 0 Å². The van der Waals surface area contributed by atoms with E-state index in [-0.39, 0.29) is 16.8 Å². The second-order valence-corrected chi connectivity index (χ2v) is 4.90. The number of rotatable bonds is 1. The second-order valence-electron chi connectivity index (χ2n) is 4.90. The molecule has 1 N–H and O–H groups in total. The fourth-order valence-electron chi connectivity index (χ4n) is 2.22. The highest BCUT2D eigenvalue weighted by molar-refractivity contribution is 5.78. The van der Waals surface area contributed by atoms with Crippen LogP contribution in [0.2, 0.25) is 0 Å². The van der Waals surface area contributed by atoms with Crippen LogP contribution in [0.3, 0.4) is 0 Å². The van der Waals surface area contributed by atoms with E-state index in [9.17, 15) is 31.4 Å². The summed E-state index contributed by atoms with van der Waals surface area (Å²) in [5, 5.41) is 12.9. The van der Waals surface area contributed by atoms with E-state index in [4.69, 9.17) is 0 Å². The molecule has 0 aliphatic rings. The maximum absolute atomic E-state index is 13.0. The van der Waals surface area contributed by atoms with Crippen molar-refractivity contribution in [2.75, 3.05) is 0 Å². The summed E-state index contributed by atoms with van der Waals surface area (Å²) in [7, 11) is 0. The summed E-state index contributed by atoms with van der Waals surface area (Å²) in [6.07, 6.45) is -7.88. The van der Waals surface area contributed by atoms with E-state index in [1.54, 1.807) is 0 Å². The van der Waals surface area contributed by atoms with E-state index in [2.05, 4.69) is 10.1 Å². The van der Waals surface area contributed by atoms with Crippen LogP contribution in [0.25, 0.3) is 16.8 Å². The number of halogens is 6. The number of alkyl halides is 6. The van der Waals surface area contributed by atoms with Gasteiger partial charge < -0.3 is 5.11 Å². The lowest BCUT2D eigenvalue weighted by atomic mass is 10.0. The smallest absolute Gasteiger partial charge is 0.419 e. The maximum Gasteiger partial charge on any atom is 0.419 e. The van der Waals surface area contributed by atoms with Gasteiger partial charge in [-0.1, -0.05) is 6.07 Å². The predicted molar refractivity (Wildman–Crippen MR) is 70.1 cm³/mol. The number of aromatic hydroxyl groups is 1. The Bertz CT molecular complexity index is 913. The van der Waals surface area contributed by atoms with Crippen LogP contribution >= 0.6 is 0 Å². The monoisotopic (exact) mass is 347 g/mol. The number of hydrogen-bond acceptors (Lipinski definition) is 3. The second kappa shape index (κ2) is 5.11. The molecule has 0 saturated carbocycles. The third-order valence-electron chi connectivity index (χ3n) is 3.32. The SMILES string of the molecule is Oc1ccc(-c2cc(C(F)(F)F)cn3ncnc23)cc1C(F)(F)F. The molecule has 0 fully saturated rings. The van der Waals surface area contributed by atoms with Gasteiger partial charge in [0.15, 0.2) is 5.65 Å². The van der Waals surface area contributed by atoms with Crippen LogP contribution in [-0.2, 0) is 12.4 Å². The number of hydrogen-bond donors (Lipinski definition) is 1. The Kier molecular flexibility index (Phi) is 3.43. The molecule has 0 bridgehead atoms. The molecule has 2 heterocycles. The zero-order valence-corrected chi connectivity index (χ0v) is 11.5. The van der Waals surface area contributed by atoms with Gasteiger partial charge in [-0.05, 0) is 23.8 Å². The van der Waals surface area contributed by atoms with Gasteiger partial charge in [0.2, 0.25) is 0 Å². The largest absolute Gasteiger partial charge is 0.507 e. The predicted octanol–water partition coefficient (Wildman–Crippen LogP) is 4.14. The van der Waals surface area contributed by atoms with Crippen molar-refractivity contribution < 1.29 is 31.4 Å². The van der Waals surface area contributed by atoms with Crippen molar-refractivity contribution in [3.05, 3.63) is 47.9 Å². The summed E-state index contributed by atoms with van der Waals surface area (Å²) in [6, 6.07) is 3.11. The van der Waals surface area contributed by atoms with Crippen LogP contribution in [0.15, 0.2) is 36.8 Å². The first kappa shape index (κ1) is 16.1. The van der Waals surface area contributed by atoms with Gasteiger partial charge in [0, 0.05) is 11.8 Å². The number of benzene rings is 1. The van der Waals surface area contributed by atoms with Gasteiger partial charge in [-0.15, -0.1) is 0 Å². The molecule has 126 valence electrons. The molecule has 0 amide bonds. The normalized spacial score (nSPS) is 12.8. The topological polar surface area (TPSA) is 50.4 Å². The first-order valence-electron chi connectivity index (χ1n) is 6.38. The van der Waals surface area contributed by atoms with Crippen molar-refractivity contribution in [3.8, 4) is 16.9 Å². The Labute approximate surface area is 130 Å². The number of phenols is 1. The fourth-order valence-corrected chi connectivity index (χ4v) is 2.22. The van der Waals surface area contributed by atoms with Gasteiger partial charge >= 0.3 is 12.4 Å². The molecule has 4 nitrogen and oxygen atoms in total. The van der Waals surface area contributed by atoms with Gasteiger partial charge in [-0.2, -0.15) is 31.4 Å². The molecule has 0 radical (unpaired) electrons. The standard InChI is InChI=1S/C14H7F6N3O/c15-13(16,17)8-4-9(12-21-6-22-23(12)5-8)7-1-2-11(24)10(3-7)14(18,19)20/h1-6,24H. The third kappa shape index (κ3) is 2.74. The third-order valence-corrected chi connectivity index (χ3v) is 3.32. The maximum atomic E-state index is 13.0. The van der Waals surface area contributed by atoms with E-state index in [1.165, 1.54) is 0 Å². The number of fused-ring (bicyclic) bond motifs is 1. The summed E-state index contributed by atoms with van der Waals surface area (Å²) in [5.74, 6) is -1.02. The molecule has 0 aliphatic carbocycles. The van der Waals surface area contributed by atoms with Crippen LogP contribution < -0.4 is 0 Å². The Balaban J connectivity index is 2.28. The van der Waals surface area contributed by atoms with Gasteiger partial charge in [-0.3, -0.25) is 0 Å². The molecule has 10 heteroatoms. The summed E-state index contributed by atoms with van der Waals surface area (Å²) < 4.78 is 78.4. The average Bonchev–Trinajstić information content (AvgIpc) is 2.93. The first-order chi connectivity index (χ1) is 11.1. The minimum absolute atomic E-state index is 0.0400. The number of nitrogens with zero attached hydrogens (tertiary/aromatic N) is 3. The van der Waals surface area contributed by atoms with Crippen molar-refractivity contribution in [2.45, 2.75) is 12.4 Å². The fraction of sp³-hybridized carbons (Fsp3) is 0.143. The summed E-state index contributed by atoms with van der Waals surface area (Å²) >= 11 is 0. The molecular weight excluding hydrogens is 340 g/mol. The quantitative estimate of drug-likeness (QED) is 0.673. The van der Waals surface area contributed by atoms with Crippen molar-refractivity contribution in [1.82, 2.24) is 14.6 Å². The lowest BCUT2D eigenvalue weighted by molar-refractivity contribution is -0.139. The Morgan fingerprint density at radius 2 is 1.67 bits per heavy atom. The van der Waals surface area contributed by atoms with E-state index in [0.29, 0.717) is 18.3 Å². The van der Waals surface area contributed by atoms with Gasteiger partial charge in [0.25, 0.3) is 0 Å². The van der Waals surface area contributed by atoms with Crippen LogP contribution in [-0.4, -0.2) is 19.7 Å². The van der Waals surface area contributed by atoms with E-state index >= 15 is 0 Å². The highest BCUT2D eigenvalue weighted by Crippen LogP contribution is 2.40. The molecular formula is C14H7F6N3O. The first-order valence-corrected chi connectivity index (χ1v) is 6.38. The molecule has 0 aliphatic heterocycles. The van der Waals surface area contributed by atoms with Crippen molar-refractivity contribution in [1.29, 1.82) is 0 Å². The van der Waals surface area contributed by atoms with E-state index in [0.717, 1.165) is 23.0 Å². The van der Waals surface area contributed by atoms with Crippen molar-refractivity contribution >= 4 is 5.65 Å². The van der Waals surface area contributed by atoms with E-state index < -0.39 is 29.2 Å². The Morgan fingerprint density at radius 1 is 0.958 bits per heavy atom. The molecule has 2 aromatic heterocycles. The van der Waals surface area contributed by atoms with Gasteiger partial charge in [-0.25, -0.2) is 9.50 Å². The van der Waals surface area contributed by atoms with Crippen LogP contribution in [0, 0.1) is 0 Å². The molecule has 3 aromatic rings. The molecule has 0 saturated heterocycles. The highest BCUT2D eigenvalue weighted by Gasteiger charge is 2.35. The number of pyridine rings is 1. The highest BCUT2D eigenvalue weighted by atomic mass is 19.4. The summed E-state index contributed by atoms with van der Waals surface area (Å²) in [4.78, 5) is 3.77. The van der Waals surface area contributed by atoms with Gasteiger partial charge in [0.1, 0.15) is 12.1 Å². The lowest BCUT2D eigenvalue weighted by Gasteiger charge is -2.13. The lowest BCUT2D eigenvalue weighted by Crippen LogP contribution is -2.08. The minimum Gasteiger partial charge on any atom is -0.507 e. The minimum atomic E-state index is -4.86. The Hall–Kier alpha value is -2.78. The van der Waals surface area contributed by atoms with Crippen LogP contribution in [0.1, 0.15) is 11.1 Å². The summed E-state index contributed by atoms with van der Waals surface area (Å²) in [6.45, 7) is 0. The molecule has 1 aromatic carbocycles. The molecule has 0 atom stereocenters.